The quantitative estimate of drug-likeness (QED) is 0.582. The van der Waals surface area contributed by atoms with E-state index in [1.165, 1.54) is 21.6 Å². The lowest BCUT2D eigenvalue weighted by Gasteiger charge is -2.08. The molecule has 0 N–H and O–H groups in total. The molecule has 19 heavy (non-hydrogen) atoms. The van der Waals surface area contributed by atoms with Crippen LogP contribution in [0.4, 0.5) is 0 Å². The molecule has 94 valence electrons. The van der Waals surface area contributed by atoms with E-state index in [9.17, 15) is 0 Å². The van der Waals surface area contributed by atoms with Crippen molar-refractivity contribution in [2.45, 2.75) is 6.42 Å². The van der Waals surface area contributed by atoms with Crippen LogP contribution in [0.1, 0.15) is 10.4 Å². The summed E-state index contributed by atoms with van der Waals surface area (Å²) >= 11 is 7.65. The maximum absolute atomic E-state index is 6.00. The second kappa shape index (κ2) is 5.60. The van der Waals surface area contributed by atoms with Gasteiger partial charge in [-0.2, -0.15) is 0 Å². The van der Waals surface area contributed by atoms with Crippen LogP contribution in [0.3, 0.4) is 0 Å². The molecule has 3 rings (SSSR count). The van der Waals surface area contributed by atoms with Gasteiger partial charge in [-0.3, -0.25) is 0 Å². The van der Waals surface area contributed by atoms with Crippen LogP contribution in [-0.4, -0.2) is 0 Å². The zero-order chi connectivity index (χ0) is 13.1. The van der Waals surface area contributed by atoms with Crippen LogP contribution in [0.15, 0.2) is 66.7 Å². The summed E-state index contributed by atoms with van der Waals surface area (Å²) in [6.45, 7) is 0. The summed E-state index contributed by atoms with van der Waals surface area (Å²) in [5.74, 6) is 0. The van der Waals surface area contributed by atoms with Crippen LogP contribution in [0.5, 0.6) is 0 Å². The van der Waals surface area contributed by atoms with E-state index in [-0.39, 0.29) is 0 Å². The van der Waals surface area contributed by atoms with Gasteiger partial charge in [0, 0.05) is 11.3 Å². The van der Waals surface area contributed by atoms with Crippen molar-refractivity contribution < 1.29 is 0 Å². The summed E-state index contributed by atoms with van der Waals surface area (Å²) in [6.07, 6.45) is 0.933. The van der Waals surface area contributed by atoms with Crippen molar-refractivity contribution in [3.63, 3.8) is 0 Å². The maximum Gasteiger partial charge on any atom is 0.0931 e. The molecule has 0 aliphatic carbocycles. The molecule has 0 saturated heterocycles. The molecule has 0 spiro atoms. The minimum atomic E-state index is 0.854. The van der Waals surface area contributed by atoms with Crippen molar-refractivity contribution in [1.29, 1.82) is 0 Å². The molecule has 1 aromatic heterocycles. The van der Waals surface area contributed by atoms with E-state index in [0.29, 0.717) is 0 Å². The van der Waals surface area contributed by atoms with Gasteiger partial charge in [-0.25, -0.2) is 0 Å². The van der Waals surface area contributed by atoms with Crippen LogP contribution >= 0.6 is 22.9 Å². The topological polar surface area (TPSA) is 0 Å². The molecule has 0 saturated carbocycles. The van der Waals surface area contributed by atoms with Crippen molar-refractivity contribution >= 4 is 22.9 Å². The molecule has 0 unspecified atom stereocenters. The predicted molar refractivity (Wildman–Crippen MR) is 84.0 cm³/mol. The molecule has 0 radical (unpaired) electrons. The third-order valence-electron chi connectivity index (χ3n) is 3.10. The zero-order valence-electron chi connectivity index (χ0n) is 10.3. The Bertz CT molecular complexity index is 670. The van der Waals surface area contributed by atoms with Gasteiger partial charge in [0.1, 0.15) is 0 Å². The van der Waals surface area contributed by atoms with Gasteiger partial charge in [-0.05, 0) is 28.8 Å². The number of thiophene rings is 1. The van der Waals surface area contributed by atoms with E-state index >= 15 is 0 Å². The van der Waals surface area contributed by atoms with Crippen molar-refractivity contribution in [1.82, 2.24) is 0 Å². The van der Waals surface area contributed by atoms with Gasteiger partial charge in [0.2, 0.25) is 0 Å². The molecule has 0 nitrogen and oxygen atoms in total. The second-order valence-electron chi connectivity index (χ2n) is 4.41. The summed E-state index contributed by atoms with van der Waals surface area (Å²) < 4.78 is 0.854. The summed E-state index contributed by atoms with van der Waals surface area (Å²) in [5.41, 5.74) is 3.90. The lowest BCUT2D eigenvalue weighted by molar-refractivity contribution is 1.24. The molecule has 2 heteroatoms. The van der Waals surface area contributed by atoms with E-state index in [1.54, 1.807) is 11.3 Å². The van der Waals surface area contributed by atoms with E-state index in [2.05, 4.69) is 54.6 Å². The van der Waals surface area contributed by atoms with E-state index < -0.39 is 0 Å². The van der Waals surface area contributed by atoms with Crippen molar-refractivity contribution in [3.05, 3.63) is 81.5 Å². The number of halogens is 1. The molecule has 0 fully saturated rings. The molecule has 2 aromatic carbocycles. The highest BCUT2D eigenvalue weighted by atomic mass is 35.5. The summed E-state index contributed by atoms with van der Waals surface area (Å²) in [7, 11) is 0. The lowest BCUT2D eigenvalue weighted by Crippen LogP contribution is -1.89. The smallest absolute Gasteiger partial charge is 0.0931 e. The third kappa shape index (κ3) is 2.89. The van der Waals surface area contributed by atoms with E-state index in [4.69, 9.17) is 11.6 Å². The average molecular weight is 285 g/mol. The molecule has 0 aliphatic heterocycles. The van der Waals surface area contributed by atoms with Crippen LogP contribution in [0.25, 0.3) is 11.1 Å². The maximum atomic E-state index is 6.00. The fraction of sp³-hybridized carbons (Fsp3) is 0.0588. The first-order valence-corrected chi connectivity index (χ1v) is 7.40. The van der Waals surface area contributed by atoms with Gasteiger partial charge in [0.05, 0.1) is 4.34 Å². The lowest BCUT2D eigenvalue weighted by atomic mass is 9.97. The Kier molecular flexibility index (Phi) is 3.67. The molecule has 3 aromatic rings. The number of hydrogen-bond donors (Lipinski definition) is 0. The Morgan fingerprint density at radius 1 is 0.789 bits per heavy atom. The average Bonchev–Trinajstić information content (AvgIpc) is 2.86. The number of benzene rings is 2. The first kappa shape index (κ1) is 12.5. The molecular weight excluding hydrogens is 272 g/mol. The summed E-state index contributed by atoms with van der Waals surface area (Å²) in [6, 6.07) is 23.1. The first-order valence-electron chi connectivity index (χ1n) is 6.20. The Morgan fingerprint density at radius 3 is 2.26 bits per heavy atom. The zero-order valence-corrected chi connectivity index (χ0v) is 11.9. The van der Waals surface area contributed by atoms with Crippen molar-refractivity contribution in [3.8, 4) is 11.1 Å². The first-order chi connectivity index (χ1) is 9.33. The molecular formula is C17H13ClS. The molecule has 0 amide bonds. The minimum absolute atomic E-state index is 0.854. The van der Waals surface area contributed by atoms with Crippen LogP contribution in [0.2, 0.25) is 4.34 Å². The highest BCUT2D eigenvalue weighted by Gasteiger charge is 2.06. The Labute approximate surface area is 122 Å². The monoisotopic (exact) mass is 284 g/mol. The standard InChI is InChI=1S/C17H13ClS/c18-17-11-10-15(19-17)12-14-8-4-5-9-16(14)13-6-2-1-3-7-13/h1-11H,12H2. The van der Waals surface area contributed by atoms with Gasteiger partial charge in [-0.15, -0.1) is 11.3 Å². The molecule has 0 atom stereocenters. The second-order valence-corrected chi connectivity index (χ2v) is 6.21. The van der Waals surface area contributed by atoms with Gasteiger partial charge >= 0.3 is 0 Å². The largest absolute Gasteiger partial charge is 0.128 e. The SMILES string of the molecule is Clc1ccc(Cc2ccccc2-c2ccccc2)s1. The predicted octanol–water partition coefficient (Wildman–Crippen LogP) is 5.66. The van der Waals surface area contributed by atoms with Crippen LogP contribution in [-0.2, 0) is 6.42 Å². The summed E-state index contributed by atoms with van der Waals surface area (Å²) in [4.78, 5) is 1.30. The highest BCUT2D eigenvalue weighted by Crippen LogP contribution is 2.29. The Hall–Kier alpha value is -1.57. The normalized spacial score (nSPS) is 10.6. The minimum Gasteiger partial charge on any atom is -0.128 e. The fourth-order valence-corrected chi connectivity index (χ4v) is 3.32. The highest BCUT2D eigenvalue weighted by molar-refractivity contribution is 7.16. The van der Waals surface area contributed by atoms with E-state index in [1.807, 2.05) is 12.1 Å². The molecule has 0 bridgehead atoms. The van der Waals surface area contributed by atoms with Crippen molar-refractivity contribution in [2.75, 3.05) is 0 Å². The number of rotatable bonds is 3. The van der Waals surface area contributed by atoms with Gasteiger partial charge < -0.3 is 0 Å². The van der Waals surface area contributed by atoms with Gasteiger partial charge in [-0.1, -0.05) is 66.2 Å². The van der Waals surface area contributed by atoms with E-state index in [0.717, 1.165) is 10.8 Å². The molecule has 0 aliphatic rings. The summed E-state index contributed by atoms with van der Waals surface area (Å²) in [5, 5.41) is 0. The number of hydrogen-bond acceptors (Lipinski definition) is 1. The molecule has 1 heterocycles. The van der Waals surface area contributed by atoms with Crippen LogP contribution < -0.4 is 0 Å². The van der Waals surface area contributed by atoms with Gasteiger partial charge in [0.25, 0.3) is 0 Å². The van der Waals surface area contributed by atoms with Crippen molar-refractivity contribution in [2.24, 2.45) is 0 Å². The van der Waals surface area contributed by atoms with Crippen LogP contribution in [0, 0.1) is 0 Å². The fourth-order valence-electron chi connectivity index (χ4n) is 2.21. The van der Waals surface area contributed by atoms with Gasteiger partial charge in [0.15, 0.2) is 0 Å². The third-order valence-corrected chi connectivity index (χ3v) is 4.33. The Morgan fingerprint density at radius 2 is 1.53 bits per heavy atom. The Balaban J connectivity index is 1.98.